The van der Waals surface area contributed by atoms with Gasteiger partial charge in [0.05, 0.1) is 6.61 Å². The average molecular weight is 200 g/mol. The van der Waals surface area contributed by atoms with Gasteiger partial charge in [-0.2, -0.15) is 0 Å². The highest BCUT2D eigenvalue weighted by Crippen LogP contribution is 2.17. The van der Waals surface area contributed by atoms with Crippen molar-refractivity contribution in [2.75, 3.05) is 26.3 Å². The standard InChI is InChI=1S/C11H24N2O/c1-6-13(8-9-14-7-2)10(12)11(3,4)5/h12H,6-9H2,1-5H3. The number of likely N-dealkylation sites (N-methyl/N-ethyl adjacent to an activating group) is 1. The third kappa shape index (κ3) is 4.61. The van der Waals surface area contributed by atoms with Crippen LogP contribution in [0.25, 0.3) is 0 Å². The molecule has 0 aliphatic carbocycles. The molecule has 0 fully saturated rings. The van der Waals surface area contributed by atoms with E-state index in [0.29, 0.717) is 12.4 Å². The molecule has 0 saturated heterocycles. The fraction of sp³-hybridized carbons (Fsp3) is 0.909. The van der Waals surface area contributed by atoms with Gasteiger partial charge in [-0.05, 0) is 13.8 Å². The molecular weight excluding hydrogens is 176 g/mol. The minimum Gasteiger partial charge on any atom is -0.380 e. The van der Waals surface area contributed by atoms with Gasteiger partial charge < -0.3 is 9.64 Å². The fourth-order valence-electron chi connectivity index (χ4n) is 1.22. The van der Waals surface area contributed by atoms with Crippen LogP contribution in [0, 0.1) is 10.8 Å². The molecule has 0 rings (SSSR count). The van der Waals surface area contributed by atoms with Crippen LogP contribution in [-0.2, 0) is 4.74 Å². The Morgan fingerprint density at radius 1 is 1.29 bits per heavy atom. The van der Waals surface area contributed by atoms with Gasteiger partial charge in [0.2, 0.25) is 0 Å². The Bertz CT molecular complexity index is 173. The van der Waals surface area contributed by atoms with Crippen LogP contribution < -0.4 is 0 Å². The first-order valence-electron chi connectivity index (χ1n) is 5.35. The number of rotatable bonds is 5. The smallest absolute Gasteiger partial charge is 0.101 e. The van der Waals surface area contributed by atoms with Gasteiger partial charge in [0.15, 0.2) is 0 Å². The second-order valence-electron chi connectivity index (χ2n) is 4.38. The van der Waals surface area contributed by atoms with Crippen molar-refractivity contribution in [3.8, 4) is 0 Å². The second-order valence-corrected chi connectivity index (χ2v) is 4.38. The first-order valence-corrected chi connectivity index (χ1v) is 5.35. The maximum absolute atomic E-state index is 8.00. The van der Waals surface area contributed by atoms with Crippen LogP contribution in [-0.4, -0.2) is 37.0 Å². The Kier molecular flexibility index (Phi) is 5.77. The van der Waals surface area contributed by atoms with Crippen molar-refractivity contribution >= 4 is 5.84 Å². The molecule has 3 nitrogen and oxygen atoms in total. The molecule has 1 N–H and O–H groups in total. The van der Waals surface area contributed by atoms with E-state index in [1.54, 1.807) is 0 Å². The van der Waals surface area contributed by atoms with Crippen LogP contribution in [0.2, 0.25) is 0 Å². The van der Waals surface area contributed by atoms with E-state index < -0.39 is 0 Å². The van der Waals surface area contributed by atoms with Crippen LogP contribution in [0.3, 0.4) is 0 Å². The lowest BCUT2D eigenvalue weighted by Gasteiger charge is -2.31. The molecule has 0 spiro atoms. The molecule has 0 heterocycles. The van der Waals surface area contributed by atoms with Gasteiger partial charge in [0.25, 0.3) is 0 Å². The third-order valence-corrected chi connectivity index (χ3v) is 2.12. The minimum absolute atomic E-state index is 0.0672. The summed E-state index contributed by atoms with van der Waals surface area (Å²) in [6.07, 6.45) is 0. The molecule has 0 atom stereocenters. The first-order chi connectivity index (χ1) is 6.43. The van der Waals surface area contributed by atoms with Gasteiger partial charge in [-0.25, -0.2) is 0 Å². The number of nitrogens with zero attached hydrogens (tertiary/aromatic N) is 1. The van der Waals surface area contributed by atoms with Gasteiger partial charge in [-0.1, -0.05) is 20.8 Å². The third-order valence-electron chi connectivity index (χ3n) is 2.12. The lowest BCUT2D eigenvalue weighted by atomic mass is 9.94. The molecule has 0 aromatic rings. The molecule has 0 saturated carbocycles. The fourth-order valence-corrected chi connectivity index (χ4v) is 1.22. The lowest BCUT2D eigenvalue weighted by molar-refractivity contribution is 0.131. The second kappa shape index (κ2) is 6.02. The molecule has 0 radical (unpaired) electrons. The number of nitrogens with one attached hydrogen (secondary N) is 1. The monoisotopic (exact) mass is 200 g/mol. The maximum atomic E-state index is 8.00. The topological polar surface area (TPSA) is 36.3 Å². The van der Waals surface area contributed by atoms with Crippen molar-refractivity contribution in [1.29, 1.82) is 5.41 Å². The van der Waals surface area contributed by atoms with Crippen LogP contribution in [0.5, 0.6) is 0 Å². The van der Waals surface area contributed by atoms with E-state index in [0.717, 1.165) is 19.7 Å². The number of hydrogen-bond acceptors (Lipinski definition) is 2. The molecule has 0 aromatic carbocycles. The quantitative estimate of drug-likeness (QED) is 0.420. The zero-order valence-corrected chi connectivity index (χ0v) is 10.2. The molecule has 0 aromatic heterocycles. The van der Waals surface area contributed by atoms with Crippen molar-refractivity contribution < 1.29 is 4.74 Å². The summed E-state index contributed by atoms with van der Waals surface area (Å²) in [6.45, 7) is 13.4. The van der Waals surface area contributed by atoms with Gasteiger partial charge in [-0.3, -0.25) is 5.41 Å². The number of hydrogen-bond donors (Lipinski definition) is 1. The summed E-state index contributed by atoms with van der Waals surface area (Å²) >= 11 is 0. The Labute approximate surface area is 87.9 Å². The van der Waals surface area contributed by atoms with Crippen molar-refractivity contribution in [2.45, 2.75) is 34.6 Å². The predicted octanol–water partition coefficient (Wildman–Crippen LogP) is 2.37. The Morgan fingerprint density at radius 3 is 2.21 bits per heavy atom. The zero-order chi connectivity index (χ0) is 11.2. The summed E-state index contributed by atoms with van der Waals surface area (Å²) in [6, 6.07) is 0. The summed E-state index contributed by atoms with van der Waals surface area (Å²) in [5.41, 5.74) is -0.0672. The van der Waals surface area contributed by atoms with E-state index in [1.807, 2.05) is 6.92 Å². The molecule has 3 heteroatoms. The number of ether oxygens (including phenoxy) is 1. The molecular formula is C11H24N2O. The minimum atomic E-state index is -0.0672. The van der Waals surface area contributed by atoms with E-state index in [2.05, 4.69) is 32.6 Å². The first kappa shape index (κ1) is 13.4. The molecule has 84 valence electrons. The van der Waals surface area contributed by atoms with E-state index in [-0.39, 0.29) is 5.41 Å². The van der Waals surface area contributed by atoms with E-state index in [4.69, 9.17) is 10.1 Å². The SMILES string of the molecule is CCOCCN(CC)C(=N)C(C)(C)C. The summed E-state index contributed by atoms with van der Waals surface area (Å²) in [5, 5.41) is 8.00. The summed E-state index contributed by atoms with van der Waals surface area (Å²) in [5.74, 6) is 0.694. The largest absolute Gasteiger partial charge is 0.380 e. The normalized spacial score (nSPS) is 11.5. The van der Waals surface area contributed by atoms with Gasteiger partial charge in [0.1, 0.15) is 5.84 Å². The lowest BCUT2D eigenvalue weighted by Crippen LogP contribution is -2.40. The summed E-state index contributed by atoms with van der Waals surface area (Å²) in [4.78, 5) is 2.07. The Balaban J connectivity index is 4.07. The molecule has 14 heavy (non-hydrogen) atoms. The van der Waals surface area contributed by atoms with Crippen LogP contribution in [0.1, 0.15) is 34.6 Å². The predicted molar refractivity (Wildman–Crippen MR) is 60.9 cm³/mol. The van der Waals surface area contributed by atoms with E-state index in [9.17, 15) is 0 Å². The molecule has 0 aliphatic rings. The average Bonchev–Trinajstić information content (AvgIpc) is 2.10. The van der Waals surface area contributed by atoms with Gasteiger partial charge in [0, 0.05) is 25.1 Å². The maximum Gasteiger partial charge on any atom is 0.101 e. The highest BCUT2D eigenvalue weighted by molar-refractivity contribution is 5.84. The summed E-state index contributed by atoms with van der Waals surface area (Å²) < 4.78 is 5.29. The van der Waals surface area contributed by atoms with Gasteiger partial charge in [-0.15, -0.1) is 0 Å². The Hall–Kier alpha value is -0.570. The van der Waals surface area contributed by atoms with Crippen molar-refractivity contribution in [3.05, 3.63) is 0 Å². The van der Waals surface area contributed by atoms with Crippen molar-refractivity contribution in [1.82, 2.24) is 4.90 Å². The Morgan fingerprint density at radius 2 is 1.86 bits per heavy atom. The van der Waals surface area contributed by atoms with Crippen LogP contribution in [0.4, 0.5) is 0 Å². The number of amidine groups is 1. The van der Waals surface area contributed by atoms with E-state index >= 15 is 0 Å². The molecule has 0 unspecified atom stereocenters. The molecule has 0 bridgehead atoms. The van der Waals surface area contributed by atoms with Crippen molar-refractivity contribution in [3.63, 3.8) is 0 Å². The van der Waals surface area contributed by atoms with Gasteiger partial charge >= 0.3 is 0 Å². The highest BCUT2D eigenvalue weighted by Gasteiger charge is 2.21. The highest BCUT2D eigenvalue weighted by atomic mass is 16.5. The van der Waals surface area contributed by atoms with E-state index in [1.165, 1.54) is 0 Å². The van der Waals surface area contributed by atoms with Crippen LogP contribution >= 0.6 is 0 Å². The summed E-state index contributed by atoms with van der Waals surface area (Å²) in [7, 11) is 0. The zero-order valence-electron chi connectivity index (χ0n) is 10.2. The molecule has 0 aliphatic heterocycles. The van der Waals surface area contributed by atoms with Crippen LogP contribution in [0.15, 0.2) is 0 Å². The molecule has 0 amide bonds. The van der Waals surface area contributed by atoms with Crippen molar-refractivity contribution in [2.24, 2.45) is 5.41 Å².